The third kappa shape index (κ3) is 5.33. The van der Waals surface area contributed by atoms with Gasteiger partial charge < -0.3 is 9.84 Å². The van der Waals surface area contributed by atoms with Crippen molar-refractivity contribution in [3.05, 3.63) is 35.4 Å². The number of hydrogen-bond acceptors (Lipinski definition) is 2. The molecule has 1 rings (SSSR count). The normalized spacial score (nSPS) is 13.7. The van der Waals surface area contributed by atoms with Gasteiger partial charge in [0.2, 0.25) is 0 Å². The molecule has 0 heterocycles. The van der Waals surface area contributed by atoms with E-state index in [1.807, 2.05) is 32.9 Å². The summed E-state index contributed by atoms with van der Waals surface area (Å²) in [5, 5.41) is 9.98. The highest BCUT2D eigenvalue weighted by Gasteiger charge is 2.14. The minimum absolute atomic E-state index is 0.205. The molecular weight excluding hydrogens is 212 g/mol. The van der Waals surface area contributed by atoms with Crippen molar-refractivity contribution in [1.29, 1.82) is 0 Å². The topological polar surface area (TPSA) is 29.5 Å². The molecule has 0 bridgehead atoms. The van der Waals surface area contributed by atoms with Crippen LogP contribution in [-0.2, 0) is 11.2 Å². The molecule has 2 heteroatoms. The molecule has 0 aromatic heterocycles. The maximum atomic E-state index is 9.98. The maximum absolute atomic E-state index is 9.98. The van der Waals surface area contributed by atoms with E-state index in [4.69, 9.17) is 4.74 Å². The van der Waals surface area contributed by atoms with E-state index in [1.54, 1.807) is 0 Å². The molecule has 1 atom stereocenters. The fourth-order valence-electron chi connectivity index (χ4n) is 1.62. The molecule has 1 aromatic carbocycles. The van der Waals surface area contributed by atoms with Gasteiger partial charge in [-0.25, -0.2) is 0 Å². The second-order valence-corrected chi connectivity index (χ2v) is 5.43. The predicted octanol–water partition coefficient (Wildman–Crippen LogP) is 3.49. The lowest BCUT2D eigenvalue weighted by atomic mass is 10.0. The van der Waals surface area contributed by atoms with E-state index in [0.29, 0.717) is 6.61 Å². The van der Waals surface area contributed by atoms with Crippen molar-refractivity contribution in [3.63, 3.8) is 0 Å². The van der Waals surface area contributed by atoms with E-state index in [9.17, 15) is 5.11 Å². The van der Waals surface area contributed by atoms with Gasteiger partial charge in [0.15, 0.2) is 0 Å². The van der Waals surface area contributed by atoms with Gasteiger partial charge >= 0.3 is 0 Å². The minimum atomic E-state index is -0.537. The molecule has 96 valence electrons. The lowest BCUT2D eigenvalue weighted by Crippen LogP contribution is -2.22. The number of aliphatic hydroxyl groups excluding tert-OH is 1. The first kappa shape index (κ1) is 14.2. The number of aliphatic hydroxyl groups is 1. The van der Waals surface area contributed by atoms with Crippen molar-refractivity contribution in [2.24, 2.45) is 0 Å². The van der Waals surface area contributed by atoms with Crippen LogP contribution in [0.4, 0.5) is 0 Å². The SMILES string of the molecule is CCCc1ccc(C(O)COC(C)(C)C)cc1. The van der Waals surface area contributed by atoms with Gasteiger partial charge in [-0.1, -0.05) is 37.6 Å². The molecule has 0 aliphatic rings. The summed E-state index contributed by atoms with van der Waals surface area (Å²) in [4.78, 5) is 0. The van der Waals surface area contributed by atoms with Crippen LogP contribution in [0.2, 0.25) is 0 Å². The zero-order valence-electron chi connectivity index (χ0n) is 11.4. The summed E-state index contributed by atoms with van der Waals surface area (Å²) in [6.45, 7) is 8.48. The van der Waals surface area contributed by atoms with Crippen molar-refractivity contribution in [2.75, 3.05) is 6.61 Å². The Morgan fingerprint density at radius 2 is 1.76 bits per heavy atom. The van der Waals surface area contributed by atoms with E-state index in [2.05, 4.69) is 19.1 Å². The highest BCUT2D eigenvalue weighted by Crippen LogP contribution is 2.17. The molecule has 0 radical (unpaired) electrons. The van der Waals surface area contributed by atoms with Crippen LogP contribution in [-0.4, -0.2) is 17.3 Å². The van der Waals surface area contributed by atoms with Crippen molar-refractivity contribution in [1.82, 2.24) is 0 Å². The summed E-state index contributed by atoms with van der Waals surface area (Å²) >= 11 is 0. The summed E-state index contributed by atoms with van der Waals surface area (Å²) in [6, 6.07) is 8.14. The highest BCUT2D eigenvalue weighted by molar-refractivity contribution is 5.24. The van der Waals surface area contributed by atoms with Gasteiger partial charge in [0.05, 0.1) is 12.2 Å². The first-order valence-corrected chi connectivity index (χ1v) is 6.33. The summed E-state index contributed by atoms with van der Waals surface area (Å²) in [7, 11) is 0. The molecule has 0 aliphatic carbocycles. The second-order valence-electron chi connectivity index (χ2n) is 5.43. The summed E-state index contributed by atoms with van der Waals surface area (Å²) in [6.07, 6.45) is 1.70. The van der Waals surface area contributed by atoms with Crippen LogP contribution in [0.25, 0.3) is 0 Å². The molecule has 2 nitrogen and oxygen atoms in total. The van der Waals surface area contributed by atoms with Crippen LogP contribution in [0.1, 0.15) is 51.3 Å². The monoisotopic (exact) mass is 236 g/mol. The molecule has 0 saturated heterocycles. The van der Waals surface area contributed by atoms with E-state index < -0.39 is 6.10 Å². The zero-order chi connectivity index (χ0) is 12.9. The molecule has 1 N–H and O–H groups in total. The number of aryl methyl sites for hydroxylation is 1. The molecular formula is C15H24O2. The first-order chi connectivity index (χ1) is 7.92. The fraction of sp³-hybridized carbons (Fsp3) is 0.600. The molecule has 17 heavy (non-hydrogen) atoms. The van der Waals surface area contributed by atoms with E-state index in [-0.39, 0.29) is 5.60 Å². The number of ether oxygens (including phenoxy) is 1. The quantitative estimate of drug-likeness (QED) is 0.848. The molecule has 0 fully saturated rings. The van der Waals surface area contributed by atoms with E-state index >= 15 is 0 Å². The van der Waals surface area contributed by atoms with Crippen LogP contribution in [0.15, 0.2) is 24.3 Å². The Morgan fingerprint density at radius 1 is 1.18 bits per heavy atom. The Bertz CT molecular complexity index is 322. The van der Waals surface area contributed by atoms with Gasteiger partial charge in [0.25, 0.3) is 0 Å². The smallest absolute Gasteiger partial charge is 0.102 e. The summed E-state index contributed by atoms with van der Waals surface area (Å²) in [5.74, 6) is 0. The fourth-order valence-corrected chi connectivity index (χ4v) is 1.62. The number of hydrogen-bond donors (Lipinski definition) is 1. The van der Waals surface area contributed by atoms with Gasteiger partial charge in [-0.05, 0) is 38.3 Å². The standard InChI is InChI=1S/C15H24O2/c1-5-6-12-7-9-13(10-8-12)14(16)11-17-15(2,3)4/h7-10,14,16H,5-6,11H2,1-4H3. The third-order valence-corrected chi connectivity index (χ3v) is 2.58. The third-order valence-electron chi connectivity index (χ3n) is 2.58. The van der Waals surface area contributed by atoms with Crippen molar-refractivity contribution in [2.45, 2.75) is 52.2 Å². The van der Waals surface area contributed by atoms with E-state index in [1.165, 1.54) is 5.56 Å². The molecule has 0 aliphatic heterocycles. The summed E-state index contributed by atoms with van der Waals surface area (Å²) in [5.41, 5.74) is 2.04. The molecule has 0 amide bonds. The van der Waals surface area contributed by atoms with E-state index in [0.717, 1.165) is 18.4 Å². The molecule has 1 aromatic rings. The van der Waals surface area contributed by atoms with Crippen molar-refractivity contribution < 1.29 is 9.84 Å². The Morgan fingerprint density at radius 3 is 2.24 bits per heavy atom. The van der Waals surface area contributed by atoms with Gasteiger partial charge in [0, 0.05) is 0 Å². The average molecular weight is 236 g/mol. The Balaban J connectivity index is 2.54. The average Bonchev–Trinajstić information content (AvgIpc) is 2.26. The van der Waals surface area contributed by atoms with Crippen LogP contribution in [0.5, 0.6) is 0 Å². The zero-order valence-corrected chi connectivity index (χ0v) is 11.4. The maximum Gasteiger partial charge on any atom is 0.102 e. The lowest BCUT2D eigenvalue weighted by molar-refractivity contribution is -0.0496. The molecule has 0 spiro atoms. The first-order valence-electron chi connectivity index (χ1n) is 6.33. The van der Waals surface area contributed by atoms with Crippen LogP contribution in [0, 0.1) is 0 Å². The van der Waals surface area contributed by atoms with Gasteiger partial charge in [-0.15, -0.1) is 0 Å². The number of rotatable bonds is 5. The summed E-state index contributed by atoms with van der Waals surface area (Å²) < 4.78 is 5.57. The van der Waals surface area contributed by atoms with Crippen LogP contribution in [0.3, 0.4) is 0 Å². The predicted molar refractivity (Wildman–Crippen MR) is 71.1 cm³/mol. The molecule has 0 saturated carbocycles. The second kappa shape index (κ2) is 6.18. The van der Waals surface area contributed by atoms with Gasteiger partial charge in [-0.2, -0.15) is 0 Å². The van der Waals surface area contributed by atoms with Crippen LogP contribution < -0.4 is 0 Å². The van der Waals surface area contributed by atoms with Gasteiger partial charge in [0.1, 0.15) is 6.10 Å². The molecule has 1 unspecified atom stereocenters. The number of benzene rings is 1. The minimum Gasteiger partial charge on any atom is -0.386 e. The Kier molecular flexibility index (Phi) is 5.16. The Hall–Kier alpha value is -0.860. The van der Waals surface area contributed by atoms with Crippen molar-refractivity contribution in [3.8, 4) is 0 Å². The van der Waals surface area contributed by atoms with Crippen molar-refractivity contribution >= 4 is 0 Å². The van der Waals surface area contributed by atoms with Crippen LogP contribution >= 0.6 is 0 Å². The largest absolute Gasteiger partial charge is 0.386 e. The lowest BCUT2D eigenvalue weighted by Gasteiger charge is -2.22. The van der Waals surface area contributed by atoms with Gasteiger partial charge in [-0.3, -0.25) is 0 Å². The Labute approximate surface area is 105 Å². The highest BCUT2D eigenvalue weighted by atomic mass is 16.5.